The molecule has 4 heteroatoms. The monoisotopic (exact) mass is 253 g/mol. The van der Waals surface area contributed by atoms with E-state index in [1.807, 2.05) is 49.4 Å². The first kappa shape index (κ1) is 11.6. The van der Waals surface area contributed by atoms with E-state index < -0.39 is 0 Å². The van der Waals surface area contributed by atoms with Gasteiger partial charge in [-0.1, -0.05) is 12.1 Å². The third-order valence-electron chi connectivity index (χ3n) is 3.00. The Labute approximate surface area is 111 Å². The third kappa shape index (κ3) is 2.38. The van der Waals surface area contributed by atoms with Crippen LogP contribution in [0.1, 0.15) is 11.4 Å². The highest BCUT2D eigenvalue weighted by molar-refractivity contribution is 5.74. The van der Waals surface area contributed by atoms with Crippen molar-refractivity contribution in [3.05, 3.63) is 53.9 Å². The molecule has 19 heavy (non-hydrogen) atoms. The maximum absolute atomic E-state index is 5.76. The number of aromatic amines is 1. The zero-order valence-electron chi connectivity index (χ0n) is 10.7. The van der Waals surface area contributed by atoms with Crippen LogP contribution >= 0.6 is 0 Å². The van der Waals surface area contributed by atoms with Crippen LogP contribution in [-0.2, 0) is 6.61 Å². The first-order chi connectivity index (χ1) is 9.22. The van der Waals surface area contributed by atoms with Crippen molar-refractivity contribution in [2.45, 2.75) is 13.5 Å². The summed E-state index contributed by atoms with van der Waals surface area (Å²) in [7, 11) is 0. The number of nitrogens with zero attached hydrogens (tertiary/aromatic N) is 1. The van der Waals surface area contributed by atoms with Crippen LogP contribution < -0.4 is 10.5 Å². The minimum Gasteiger partial charge on any atom is -0.485 e. The van der Waals surface area contributed by atoms with Gasteiger partial charge in [-0.25, -0.2) is 4.98 Å². The first-order valence-electron chi connectivity index (χ1n) is 6.15. The highest BCUT2D eigenvalue weighted by atomic mass is 16.5. The van der Waals surface area contributed by atoms with Gasteiger partial charge in [-0.2, -0.15) is 0 Å². The molecule has 0 unspecified atom stereocenters. The van der Waals surface area contributed by atoms with Crippen molar-refractivity contribution in [3.8, 4) is 5.75 Å². The maximum atomic E-state index is 5.76. The van der Waals surface area contributed by atoms with E-state index in [0.29, 0.717) is 6.61 Å². The van der Waals surface area contributed by atoms with Gasteiger partial charge < -0.3 is 15.5 Å². The molecule has 2 aromatic carbocycles. The van der Waals surface area contributed by atoms with Crippen LogP contribution in [0.15, 0.2) is 42.5 Å². The normalized spacial score (nSPS) is 10.8. The van der Waals surface area contributed by atoms with Crippen molar-refractivity contribution >= 4 is 16.7 Å². The van der Waals surface area contributed by atoms with Crippen LogP contribution in [0, 0.1) is 6.92 Å². The van der Waals surface area contributed by atoms with E-state index in [4.69, 9.17) is 10.5 Å². The van der Waals surface area contributed by atoms with Gasteiger partial charge in [0.15, 0.2) is 0 Å². The number of benzene rings is 2. The third-order valence-corrected chi connectivity index (χ3v) is 3.00. The number of fused-ring (bicyclic) bond motifs is 1. The van der Waals surface area contributed by atoms with Crippen molar-refractivity contribution in [2.75, 3.05) is 5.73 Å². The van der Waals surface area contributed by atoms with E-state index in [9.17, 15) is 0 Å². The van der Waals surface area contributed by atoms with Crippen LogP contribution in [0.25, 0.3) is 11.0 Å². The molecular formula is C15H15N3O. The van der Waals surface area contributed by atoms with Gasteiger partial charge >= 0.3 is 0 Å². The molecule has 0 spiro atoms. The number of nitrogen functional groups attached to an aromatic ring is 1. The SMILES string of the molecule is Cc1cc(N)ccc1OCc1nc2ccccc2[nH]1. The fraction of sp³-hybridized carbons (Fsp3) is 0.133. The van der Waals surface area contributed by atoms with Crippen LogP contribution in [0.4, 0.5) is 5.69 Å². The number of para-hydroxylation sites is 2. The second-order valence-corrected chi connectivity index (χ2v) is 4.51. The van der Waals surface area contributed by atoms with Gasteiger partial charge in [-0.05, 0) is 42.8 Å². The molecule has 0 atom stereocenters. The molecule has 0 saturated heterocycles. The van der Waals surface area contributed by atoms with Crippen LogP contribution in [0.5, 0.6) is 5.75 Å². The zero-order chi connectivity index (χ0) is 13.2. The van der Waals surface area contributed by atoms with Gasteiger partial charge in [0, 0.05) is 5.69 Å². The summed E-state index contributed by atoms with van der Waals surface area (Å²) in [6.07, 6.45) is 0. The largest absolute Gasteiger partial charge is 0.485 e. The number of hydrogen-bond donors (Lipinski definition) is 2. The molecule has 0 saturated carbocycles. The van der Waals surface area contributed by atoms with Crippen molar-refractivity contribution in [1.29, 1.82) is 0 Å². The summed E-state index contributed by atoms with van der Waals surface area (Å²) in [6.45, 7) is 2.39. The van der Waals surface area contributed by atoms with Crippen LogP contribution in [0.2, 0.25) is 0 Å². The second-order valence-electron chi connectivity index (χ2n) is 4.51. The lowest BCUT2D eigenvalue weighted by Crippen LogP contribution is -1.99. The number of nitrogens with two attached hydrogens (primary N) is 1. The summed E-state index contributed by atoms with van der Waals surface area (Å²) in [5.74, 6) is 1.65. The molecule has 0 bridgehead atoms. The van der Waals surface area contributed by atoms with Gasteiger partial charge in [0.25, 0.3) is 0 Å². The van der Waals surface area contributed by atoms with Crippen molar-refractivity contribution < 1.29 is 4.74 Å². The minimum absolute atomic E-state index is 0.416. The fourth-order valence-corrected chi connectivity index (χ4v) is 2.05. The number of rotatable bonds is 3. The summed E-state index contributed by atoms with van der Waals surface area (Å²) in [6, 6.07) is 13.5. The molecule has 3 rings (SSSR count). The van der Waals surface area contributed by atoms with Crippen molar-refractivity contribution in [1.82, 2.24) is 9.97 Å². The van der Waals surface area contributed by atoms with E-state index >= 15 is 0 Å². The number of aryl methyl sites for hydroxylation is 1. The molecule has 3 aromatic rings. The van der Waals surface area contributed by atoms with Gasteiger partial charge in [-0.15, -0.1) is 0 Å². The Morgan fingerprint density at radius 2 is 2.05 bits per heavy atom. The summed E-state index contributed by atoms with van der Waals surface area (Å²) < 4.78 is 5.76. The van der Waals surface area contributed by atoms with Crippen molar-refractivity contribution in [3.63, 3.8) is 0 Å². The minimum atomic E-state index is 0.416. The number of H-pyrrole nitrogens is 1. The number of imidazole rings is 1. The Bertz CT molecular complexity index is 685. The molecule has 4 nitrogen and oxygen atoms in total. The molecule has 0 fully saturated rings. The van der Waals surface area contributed by atoms with Gasteiger partial charge in [0.2, 0.25) is 0 Å². The molecule has 0 aliphatic carbocycles. The number of nitrogens with one attached hydrogen (secondary N) is 1. The highest BCUT2D eigenvalue weighted by Crippen LogP contribution is 2.21. The Morgan fingerprint density at radius 1 is 1.21 bits per heavy atom. The Morgan fingerprint density at radius 3 is 2.84 bits per heavy atom. The molecular weight excluding hydrogens is 238 g/mol. The molecule has 1 heterocycles. The lowest BCUT2D eigenvalue weighted by molar-refractivity contribution is 0.295. The molecule has 0 amide bonds. The van der Waals surface area contributed by atoms with E-state index in [1.165, 1.54) is 0 Å². The van der Waals surface area contributed by atoms with Gasteiger partial charge in [-0.3, -0.25) is 0 Å². The fourth-order valence-electron chi connectivity index (χ4n) is 2.05. The molecule has 0 radical (unpaired) electrons. The Hall–Kier alpha value is -2.49. The molecule has 3 N–H and O–H groups in total. The zero-order valence-corrected chi connectivity index (χ0v) is 10.7. The van der Waals surface area contributed by atoms with Crippen LogP contribution in [0.3, 0.4) is 0 Å². The average molecular weight is 253 g/mol. The number of ether oxygens (including phenoxy) is 1. The summed E-state index contributed by atoms with van der Waals surface area (Å²) in [5.41, 5.74) is 9.46. The molecule has 0 aliphatic rings. The summed E-state index contributed by atoms with van der Waals surface area (Å²) >= 11 is 0. The Kier molecular flexibility index (Phi) is 2.83. The van der Waals surface area contributed by atoms with E-state index in [1.54, 1.807) is 0 Å². The summed E-state index contributed by atoms with van der Waals surface area (Å²) in [4.78, 5) is 7.71. The average Bonchev–Trinajstić information content (AvgIpc) is 2.80. The predicted octanol–water partition coefficient (Wildman–Crippen LogP) is 3.03. The number of anilines is 1. The molecule has 0 aliphatic heterocycles. The molecule has 96 valence electrons. The van der Waals surface area contributed by atoms with E-state index in [0.717, 1.165) is 33.9 Å². The first-order valence-corrected chi connectivity index (χ1v) is 6.15. The standard InChI is InChI=1S/C15H15N3O/c1-10-8-11(16)6-7-14(10)19-9-15-17-12-4-2-3-5-13(12)18-15/h2-8H,9,16H2,1H3,(H,17,18). The van der Waals surface area contributed by atoms with Crippen LogP contribution in [-0.4, -0.2) is 9.97 Å². The van der Waals surface area contributed by atoms with Gasteiger partial charge in [0.1, 0.15) is 18.2 Å². The topological polar surface area (TPSA) is 63.9 Å². The lowest BCUT2D eigenvalue weighted by atomic mass is 10.2. The quantitative estimate of drug-likeness (QED) is 0.705. The van der Waals surface area contributed by atoms with E-state index in [-0.39, 0.29) is 0 Å². The van der Waals surface area contributed by atoms with Crippen molar-refractivity contribution in [2.24, 2.45) is 0 Å². The number of hydrogen-bond acceptors (Lipinski definition) is 3. The van der Waals surface area contributed by atoms with Gasteiger partial charge in [0.05, 0.1) is 11.0 Å². The smallest absolute Gasteiger partial charge is 0.146 e. The molecule has 1 aromatic heterocycles. The lowest BCUT2D eigenvalue weighted by Gasteiger charge is -2.07. The van der Waals surface area contributed by atoms with E-state index in [2.05, 4.69) is 9.97 Å². The number of aromatic nitrogens is 2. The maximum Gasteiger partial charge on any atom is 0.146 e. The highest BCUT2D eigenvalue weighted by Gasteiger charge is 2.04. The Balaban J connectivity index is 1.78. The second kappa shape index (κ2) is 4.65. The summed E-state index contributed by atoms with van der Waals surface area (Å²) in [5, 5.41) is 0. The predicted molar refractivity (Wildman–Crippen MR) is 76.0 cm³/mol.